The summed E-state index contributed by atoms with van der Waals surface area (Å²) in [6, 6.07) is 5.57. The molecule has 5 heteroatoms. The third kappa shape index (κ3) is 4.11. The standard InChI is InChI=1S/C15H21ClN2O.ClH/c1-10-8-12(16)6-7-13(10)15(19)18-14-5-3-2-4-11(14)9-17;/h6-8,11,14H,2-5,9,17H2,1H3,(H,18,19);1H. The molecule has 1 aliphatic rings. The number of aryl methyl sites for hydroxylation is 1. The normalized spacial score (nSPS) is 21.9. The Morgan fingerprint density at radius 2 is 2.10 bits per heavy atom. The van der Waals surface area contributed by atoms with Crippen molar-refractivity contribution in [2.45, 2.75) is 38.6 Å². The zero-order valence-electron chi connectivity index (χ0n) is 11.7. The van der Waals surface area contributed by atoms with Crippen molar-refractivity contribution in [1.29, 1.82) is 0 Å². The fraction of sp³-hybridized carbons (Fsp3) is 0.533. The van der Waals surface area contributed by atoms with Crippen molar-refractivity contribution in [2.75, 3.05) is 6.54 Å². The Kier molecular flexibility index (Phi) is 6.80. The van der Waals surface area contributed by atoms with Gasteiger partial charge in [-0.3, -0.25) is 4.79 Å². The highest BCUT2D eigenvalue weighted by molar-refractivity contribution is 6.30. The summed E-state index contributed by atoms with van der Waals surface area (Å²) in [6.45, 7) is 2.55. The number of amides is 1. The van der Waals surface area contributed by atoms with E-state index in [0.29, 0.717) is 23.0 Å². The first-order valence-electron chi connectivity index (χ1n) is 6.89. The van der Waals surface area contributed by atoms with Gasteiger partial charge < -0.3 is 11.1 Å². The van der Waals surface area contributed by atoms with Crippen molar-refractivity contribution in [3.8, 4) is 0 Å². The van der Waals surface area contributed by atoms with Crippen LogP contribution in [-0.4, -0.2) is 18.5 Å². The van der Waals surface area contributed by atoms with Crippen LogP contribution < -0.4 is 11.1 Å². The van der Waals surface area contributed by atoms with Crippen LogP contribution in [0.5, 0.6) is 0 Å². The maximum Gasteiger partial charge on any atom is 0.251 e. The summed E-state index contributed by atoms with van der Waals surface area (Å²) in [7, 11) is 0. The average Bonchev–Trinajstić information content (AvgIpc) is 2.39. The first kappa shape index (κ1) is 17.3. The first-order chi connectivity index (χ1) is 9.11. The van der Waals surface area contributed by atoms with Crippen LogP contribution in [0.25, 0.3) is 0 Å². The van der Waals surface area contributed by atoms with Crippen molar-refractivity contribution in [3.63, 3.8) is 0 Å². The highest BCUT2D eigenvalue weighted by Crippen LogP contribution is 2.24. The molecule has 1 aliphatic carbocycles. The summed E-state index contributed by atoms with van der Waals surface area (Å²) in [5.74, 6) is 0.393. The van der Waals surface area contributed by atoms with E-state index in [0.717, 1.165) is 18.4 Å². The minimum Gasteiger partial charge on any atom is -0.349 e. The summed E-state index contributed by atoms with van der Waals surface area (Å²) in [5.41, 5.74) is 7.40. The van der Waals surface area contributed by atoms with E-state index in [9.17, 15) is 4.79 Å². The molecule has 2 atom stereocenters. The second-order valence-electron chi connectivity index (χ2n) is 5.32. The van der Waals surface area contributed by atoms with Crippen LogP contribution in [0.1, 0.15) is 41.6 Å². The van der Waals surface area contributed by atoms with E-state index >= 15 is 0 Å². The number of nitrogens with two attached hydrogens (primary N) is 1. The quantitative estimate of drug-likeness (QED) is 0.898. The zero-order chi connectivity index (χ0) is 13.8. The summed E-state index contributed by atoms with van der Waals surface area (Å²) in [4.78, 5) is 12.3. The molecule has 0 aromatic heterocycles. The molecule has 0 bridgehead atoms. The van der Waals surface area contributed by atoms with Gasteiger partial charge in [0.25, 0.3) is 5.91 Å². The lowest BCUT2D eigenvalue weighted by molar-refractivity contribution is 0.0907. The fourth-order valence-corrected chi connectivity index (χ4v) is 3.03. The summed E-state index contributed by atoms with van der Waals surface area (Å²) < 4.78 is 0. The number of carbonyl (C=O) groups is 1. The molecular weight excluding hydrogens is 295 g/mol. The summed E-state index contributed by atoms with van der Waals surface area (Å²) in [5, 5.41) is 3.79. The number of carbonyl (C=O) groups excluding carboxylic acids is 1. The van der Waals surface area contributed by atoms with E-state index in [2.05, 4.69) is 5.32 Å². The average molecular weight is 317 g/mol. The minimum atomic E-state index is -0.0143. The molecule has 0 heterocycles. The molecule has 3 N–H and O–H groups in total. The van der Waals surface area contributed by atoms with E-state index in [1.54, 1.807) is 12.1 Å². The van der Waals surface area contributed by atoms with Gasteiger partial charge in [0.15, 0.2) is 0 Å². The molecule has 1 aromatic carbocycles. The smallest absolute Gasteiger partial charge is 0.251 e. The van der Waals surface area contributed by atoms with Gasteiger partial charge in [-0.2, -0.15) is 0 Å². The molecule has 1 fully saturated rings. The third-order valence-electron chi connectivity index (χ3n) is 3.96. The Bertz CT molecular complexity index is 465. The van der Waals surface area contributed by atoms with Crippen LogP contribution in [0.3, 0.4) is 0 Å². The number of benzene rings is 1. The predicted molar refractivity (Wildman–Crippen MR) is 85.7 cm³/mol. The van der Waals surface area contributed by atoms with Gasteiger partial charge in [0.1, 0.15) is 0 Å². The van der Waals surface area contributed by atoms with Crippen molar-refractivity contribution in [2.24, 2.45) is 11.7 Å². The lowest BCUT2D eigenvalue weighted by Gasteiger charge is -2.31. The molecule has 0 aliphatic heterocycles. The summed E-state index contributed by atoms with van der Waals surface area (Å²) >= 11 is 5.91. The number of nitrogens with one attached hydrogen (secondary N) is 1. The molecule has 2 unspecified atom stereocenters. The maximum absolute atomic E-state index is 12.3. The molecule has 0 spiro atoms. The topological polar surface area (TPSA) is 55.1 Å². The molecule has 3 nitrogen and oxygen atoms in total. The highest BCUT2D eigenvalue weighted by Gasteiger charge is 2.25. The van der Waals surface area contributed by atoms with Crippen molar-refractivity contribution >= 4 is 29.9 Å². The molecule has 1 saturated carbocycles. The molecule has 2 rings (SSSR count). The lowest BCUT2D eigenvalue weighted by Crippen LogP contribution is -2.44. The second kappa shape index (κ2) is 7.87. The fourth-order valence-electron chi connectivity index (χ4n) is 2.81. The van der Waals surface area contributed by atoms with E-state index < -0.39 is 0 Å². The van der Waals surface area contributed by atoms with E-state index in [-0.39, 0.29) is 24.4 Å². The van der Waals surface area contributed by atoms with Gasteiger partial charge in [-0.15, -0.1) is 12.4 Å². The van der Waals surface area contributed by atoms with E-state index in [1.807, 2.05) is 13.0 Å². The van der Waals surface area contributed by atoms with Crippen LogP contribution in [0.2, 0.25) is 5.02 Å². The Morgan fingerprint density at radius 1 is 1.40 bits per heavy atom. The van der Waals surface area contributed by atoms with Gasteiger partial charge in [0.2, 0.25) is 0 Å². The van der Waals surface area contributed by atoms with Crippen molar-refractivity contribution in [3.05, 3.63) is 34.3 Å². The van der Waals surface area contributed by atoms with Gasteiger partial charge in [0, 0.05) is 16.6 Å². The molecular formula is C15H22Cl2N2O. The second-order valence-corrected chi connectivity index (χ2v) is 5.76. The van der Waals surface area contributed by atoms with Crippen LogP contribution in [0.4, 0.5) is 0 Å². The number of rotatable bonds is 3. The molecule has 0 radical (unpaired) electrons. The SMILES string of the molecule is Cc1cc(Cl)ccc1C(=O)NC1CCCCC1CN.Cl. The highest BCUT2D eigenvalue weighted by atomic mass is 35.5. The van der Waals surface area contributed by atoms with Crippen molar-refractivity contribution in [1.82, 2.24) is 5.32 Å². The Balaban J connectivity index is 0.00000200. The first-order valence-corrected chi connectivity index (χ1v) is 7.26. The largest absolute Gasteiger partial charge is 0.349 e. The van der Waals surface area contributed by atoms with E-state index in [1.165, 1.54) is 12.8 Å². The third-order valence-corrected chi connectivity index (χ3v) is 4.20. The number of halogens is 2. The monoisotopic (exact) mass is 316 g/mol. The van der Waals surface area contributed by atoms with Gasteiger partial charge >= 0.3 is 0 Å². The molecule has 1 amide bonds. The molecule has 0 saturated heterocycles. The van der Waals surface area contributed by atoms with Crippen LogP contribution in [0, 0.1) is 12.8 Å². The minimum absolute atomic E-state index is 0. The number of hydrogen-bond acceptors (Lipinski definition) is 2. The maximum atomic E-state index is 12.3. The lowest BCUT2D eigenvalue weighted by atomic mass is 9.84. The van der Waals surface area contributed by atoms with Gasteiger partial charge in [-0.05, 0) is 56.0 Å². The van der Waals surface area contributed by atoms with Gasteiger partial charge in [-0.1, -0.05) is 24.4 Å². The Hall–Kier alpha value is -0.770. The van der Waals surface area contributed by atoms with Crippen LogP contribution in [-0.2, 0) is 0 Å². The van der Waals surface area contributed by atoms with Gasteiger partial charge in [-0.25, -0.2) is 0 Å². The van der Waals surface area contributed by atoms with Crippen LogP contribution >= 0.6 is 24.0 Å². The van der Waals surface area contributed by atoms with E-state index in [4.69, 9.17) is 17.3 Å². The van der Waals surface area contributed by atoms with Crippen molar-refractivity contribution < 1.29 is 4.79 Å². The molecule has 112 valence electrons. The number of hydrogen-bond donors (Lipinski definition) is 2. The Morgan fingerprint density at radius 3 is 2.75 bits per heavy atom. The zero-order valence-corrected chi connectivity index (χ0v) is 13.3. The predicted octanol–water partition coefficient (Wildman–Crippen LogP) is 3.32. The van der Waals surface area contributed by atoms with Gasteiger partial charge in [0.05, 0.1) is 0 Å². The molecule has 1 aromatic rings. The molecule has 20 heavy (non-hydrogen) atoms. The van der Waals surface area contributed by atoms with Crippen LogP contribution in [0.15, 0.2) is 18.2 Å². The summed E-state index contributed by atoms with van der Waals surface area (Å²) in [6.07, 6.45) is 4.52. The Labute approximate surface area is 131 Å².